The molecule has 6 nitrogen and oxygen atoms in total. The van der Waals surface area contributed by atoms with Gasteiger partial charge in [-0.05, 0) is 40.5 Å². The largest absolute Gasteiger partial charge is 0.383 e. The van der Waals surface area contributed by atoms with Crippen LogP contribution in [-0.2, 0) is 4.74 Å². The summed E-state index contributed by atoms with van der Waals surface area (Å²) in [7, 11) is 0. The van der Waals surface area contributed by atoms with Crippen LogP contribution >= 0.6 is 27.5 Å². The molecule has 0 bridgehead atoms. The topological polar surface area (TPSA) is 76.9 Å². The van der Waals surface area contributed by atoms with Gasteiger partial charge in [0, 0.05) is 23.3 Å². The van der Waals surface area contributed by atoms with Gasteiger partial charge < -0.3 is 15.8 Å². The second-order valence-electron chi connectivity index (χ2n) is 6.22. The van der Waals surface area contributed by atoms with Gasteiger partial charge in [0.05, 0.1) is 46.3 Å². The van der Waals surface area contributed by atoms with Gasteiger partial charge in [0.2, 0.25) is 0 Å². The fraction of sp³-hybridized carbons (Fsp3) is 0.222. The van der Waals surface area contributed by atoms with Crippen molar-refractivity contribution in [2.75, 3.05) is 18.5 Å². The molecule has 4 rings (SSSR count). The van der Waals surface area contributed by atoms with Crippen molar-refractivity contribution >= 4 is 50.3 Å². The minimum atomic E-state index is -0.434. The molecule has 1 fully saturated rings. The van der Waals surface area contributed by atoms with Gasteiger partial charge in [-0.15, -0.1) is 0 Å². The normalized spacial score (nSPS) is 17.6. The number of nitrogens with two attached hydrogens (primary N) is 1. The number of rotatable bonds is 4. The molecule has 1 aliphatic rings. The Balaban J connectivity index is 1.81. The van der Waals surface area contributed by atoms with Crippen LogP contribution < -0.4 is 11.1 Å². The van der Waals surface area contributed by atoms with Crippen LogP contribution in [0.15, 0.2) is 46.1 Å². The fourth-order valence-corrected chi connectivity index (χ4v) is 3.56. The number of anilines is 1. The lowest BCUT2D eigenvalue weighted by atomic mass is 10.1. The first-order valence-electron chi connectivity index (χ1n) is 8.32. The molecule has 3 N–H and O–H groups in total. The predicted octanol–water partition coefficient (Wildman–Crippen LogP) is 4.13. The summed E-state index contributed by atoms with van der Waals surface area (Å²) in [5, 5.41) is 8.19. The number of hydrogen-bond acceptors (Lipinski definition) is 4. The summed E-state index contributed by atoms with van der Waals surface area (Å²) in [5.41, 5.74) is 8.77. The van der Waals surface area contributed by atoms with Crippen LogP contribution in [0, 0.1) is 5.82 Å². The van der Waals surface area contributed by atoms with Gasteiger partial charge in [-0.1, -0.05) is 11.6 Å². The minimum absolute atomic E-state index is 0.161. The average molecular weight is 453 g/mol. The second-order valence-corrected chi connectivity index (χ2v) is 7.54. The van der Waals surface area contributed by atoms with E-state index < -0.39 is 5.82 Å². The maximum Gasteiger partial charge on any atom is 0.135 e. The van der Waals surface area contributed by atoms with Crippen LogP contribution in [0.25, 0.3) is 5.52 Å². The Morgan fingerprint density at radius 1 is 1.44 bits per heavy atom. The molecule has 0 unspecified atom stereocenters. The number of hydrogen-bond donors (Lipinski definition) is 2. The van der Waals surface area contributed by atoms with Crippen LogP contribution in [0.3, 0.4) is 0 Å². The zero-order chi connectivity index (χ0) is 19.0. The molecule has 0 saturated carbocycles. The standard InChI is InChI=1S/C18H16BrClFN5O/c19-10-5-16-17(24-12-3-4-27-9-12)13(7-23-26(16)8-10)18(22)25-15-6-11(21)1-2-14(15)20/h1-2,5-8,12,24H,3-4,9H2,(H2,22,25)/t12-/m0/s1. The van der Waals surface area contributed by atoms with E-state index in [0.29, 0.717) is 23.8 Å². The van der Waals surface area contributed by atoms with E-state index >= 15 is 0 Å². The summed E-state index contributed by atoms with van der Waals surface area (Å²) in [6, 6.07) is 6.07. The molecular formula is C18H16BrClFN5O. The lowest BCUT2D eigenvalue weighted by Gasteiger charge is -2.17. The highest BCUT2D eigenvalue weighted by Crippen LogP contribution is 2.30. The van der Waals surface area contributed by atoms with E-state index in [9.17, 15) is 4.39 Å². The number of ether oxygens (including phenoxy) is 1. The first-order valence-corrected chi connectivity index (χ1v) is 9.49. The molecule has 9 heteroatoms. The molecule has 0 amide bonds. The smallest absolute Gasteiger partial charge is 0.135 e. The van der Waals surface area contributed by atoms with Crippen LogP contribution in [0.2, 0.25) is 5.02 Å². The molecule has 0 spiro atoms. The molecular weight excluding hydrogens is 437 g/mol. The molecule has 1 aromatic carbocycles. The van der Waals surface area contributed by atoms with Gasteiger partial charge in [-0.25, -0.2) is 13.9 Å². The van der Waals surface area contributed by atoms with Crippen molar-refractivity contribution in [3.8, 4) is 0 Å². The molecule has 1 atom stereocenters. The Morgan fingerprint density at radius 3 is 3.07 bits per heavy atom. The highest BCUT2D eigenvalue weighted by Gasteiger charge is 2.20. The fourth-order valence-electron chi connectivity index (χ4n) is 2.98. The lowest BCUT2D eigenvalue weighted by Crippen LogP contribution is -2.24. The van der Waals surface area contributed by atoms with Gasteiger partial charge in [0.15, 0.2) is 0 Å². The van der Waals surface area contributed by atoms with Crippen molar-refractivity contribution in [1.29, 1.82) is 0 Å². The Hall–Kier alpha value is -2.16. The van der Waals surface area contributed by atoms with E-state index in [1.165, 1.54) is 18.2 Å². The molecule has 3 aromatic rings. The summed E-state index contributed by atoms with van der Waals surface area (Å²) >= 11 is 9.59. The van der Waals surface area contributed by atoms with Crippen molar-refractivity contribution in [2.45, 2.75) is 12.5 Å². The zero-order valence-electron chi connectivity index (χ0n) is 14.1. The third-order valence-electron chi connectivity index (χ3n) is 4.31. The van der Waals surface area contributed by atoms with E-state index in [-0.39, 0.29) is 17.6 Å². The van der Waals surface area contributed by atoms with Crippen LogP contribution in [0.4, 0.5) is 15.8 Å². The third kappa shape index (κ3) is 3.78. The van der Waals surface area contributed by atoms with Crippen molar-refractivity contribution in [3.63, 3.8) is 0 Å². The summed E-state index contributed by atoms with van der Waals surface area (Å²) in [5.74, 6) is -0.243. The number of aromatic nitrogens is 2. The van der Waals surface area contributed by atoms with Gasteiger partial charge in [0.1, 0.15) is 11.7 Å². The van der Waals surface area contributed by atoms with Crippen molar-refractivity contribution in [3.05, 3.63) is 57.5 Å². The number of fused-ring (bicyclic) bond motifs is 1. The molecule has 140 valence electrons. The van der Waals surface area contributed by atoms with E-state index in [1.54, 1.807) is 10.7 Å². The van der Waals surface area contributed by atoms with Crippen LogP contribution in [0.1, 0.15) is 12.0 Å². The van der Waals surface area contributed by atoms with Crippen molar-refractivity contribution in [2.24, 2.45) is 10.7 Å². The van der Waals surface area contributed by atoms with Crippen molar-refractivity contribution in [1.82, 2.24) is 9.61 Å². The lowest BCUT2D eigenvalue weighted by molar-refractivity contribution is 0.195. The highest BCUT2D eigenvalue weighted by molar-refractivity contribution is 9.10. The molecule has 0 radical (unpaired) electrons. The highest BCUT2D eigenvalue weighted by atomic mass is 79.9. The number of nitrogens with zero attached hydrogens (tertiary/aromatic N) is 3. The number of aliphatic imine (C=N–C) groups is 1. The van der Waals surface area contributed by atoms with E-state index in [4.69, 9.17) is 22.1 Å². The van der Waals surface area contributed by atoms with Gasteiger partial charge >= 0.3 is 0 Å². The van der Waals surface area contributed by atoms with E-state index in [0.717, 1.165) is 22.1 Å². The predicted molar refractivity (Wildman–Crippen MR) is 108 cm³/mol. The van der Waals surface area contributed by atoms with Gasteiger partial charge in [-0.3, -0.25) is 0 Å². The molecule has 1 aliphatic heterocycles. The van der Waals surface area contributed by atoms with E-state index in [1.807, 2.05) is 12.3 Å². The molecule has 0 aliphatic carbocycles. The van der Waals surface area contributed by atoms with Crippen molar-refractivity contribution < 1.29 is 9.13 Å². The van der Waals surface area contributed by atoms with E-state index in [2.05, 4.69) is 31.3 Å². The monoisotopic (exact) mass is 451 g/mol. The van der Waals surface area contributed by atoms with Gasteiger partial charge in [0.25, 0.3) is 0 Å². The third-order valence-corrected chi connectivity index (χ3v) is 5.06. The SMILES string of the molecule is N/C(=N\c1cc(F)ccc1Cl)c1cnn2cc(Br)cc2c1N[C@H]1CCOC1. The summed E-state index contributed by atoms with van der Waals surface area (Å²) in [4.78, 5) is 4.33. The summed E-state index contributed by atoms with van der Waals surface area (Å²) in [6.45, 7) is 1.32. The molecule has 27 heavy (non-hydrogen) atoms. The maximum absolute atomic E-state index is 13.5. The van der Waals surface area contributed by atoms with Crippen LogP contribution in [-0.4, -0.2) is 34.7 Å². The first-order chi connectivity index (χ1) is 13.0. The maximum atomic E-state index is 13.5. The number of benzene rings is 1. The molecule has 1 saturated heterocycles. The zero-order valence-corrected chi connectivity index (χ0v) is 16.5. The number of amidine groups is 1. The molecule has 2 aromatic heterocycles. The van der Waals surface area contributed by atoms with Crippen LogP contribution in [0.5, 0.6) is 0 Å². The Morgan fingerprint density at radius 2 is 2.30 bits per heavy atom. The Kier molecular flexibility index (Phi) is 5.03. The van der Waals surface area contributed by atoms with Gasteiger partial charge in [-0.2, -0.15) is 5.10 Å². The summed E-state index contributed by atoms with van der Waals surface area (Å²) < 4.78 is 21.6. The Bertz CT molecular complexity index is 1030. The number of nitrogens with one attached hydrogen (secondary N) is 1. The summed E-state index contributed by atoms with van der Waals surface area (Å²) in [6.07, 6.45) is 4.37. The minimum Gasteiger partial charge on any atom is -0.383 e. The second kappa shape index (κ2) is 7.46. The average Bonchev–Trinajstić information content (AvgIpc) is 3.27. The molecule has 3 heterocycles. The number of halogens is 3. The first kappa shape index (κ1) is 18.2. The quantitative estimate of drug-likeness (QED) is 0.461. The Labute approximate surface area is 168 Å².